The number of morpholine rings is 1. The second kappa shape index (κ2) is 5.99. The summed E-state index contributed by atoms with van der Waals surface area (Å²) < 4.78 is 5.58. The van der Waals surface area contributed by atoms with Crippen molar-refractivity contribution < 1.29 is 4.74 Å². The lowest BCUT2D eigenvalue weighted by atomic mass is 10.1. The summed E-state index contributed by atoms with van der Waals surface area (Å²) in [6.45, 7) is 8.89. The smallest absolute Gasteiger partial charge is 0.0799 e. The second-order valence-corrected chi connectivity index (χ2v) is 4.57. The zero-order valence-corrected chi connectivity index (χ0v) is 10.2. The Balaban J connectivity index is 2.25. The van der Waals surface area contributed by atoms with Gasteiger partial charge in [-0.15, -0.1) is 0 Å². The summed E-state index contributed by atoms with van der Waals surface area (Å²) >= 11 is 3.47. The van der Waals surface area contributed by atoms with Crippen molar-refractivity contribution in [3.8, 4) is 0 Å². The highest BCUT2D eigenvalue weighted by Gasteiger charge is 2.19. The Kier molecular flexibility index (Phi) is 5.29. The maximum atomic E-state index is 5.58. The molecule has 1 aliphatic heterocycles. The lowest BCUT2D eigenvalue weighted by Gasteiger charge is -2.33. The average Bonchev–Trinajstić information content (AvgIpc) is 2.18. The van der Waals surface area contributed by atoms with E-state index in [9.17, 15) is 0 Å². The van der Waals surface area contributed by atoms with Crippen molar-refractivity contribution in [1.29, 1.82) is 0 Å². The van der Waals surface area contributed by atoms with E-state index in [0.29, 0.717) is 6.10 Å². The van der Waals surface area contributed by atoms with Crippen molar-refractivity contribution in [2.75, 3.05) is 31.6 Å². The molecule has 2 unspecified atom stereocenters. The van der Waals surface area contributed by atoms with Gasteiger partial charge >= 0.3 is 0 Å². The summed E-state index contributed by atoms with van der Waals surface area (Å²) in [4.78, 5) is 2.52. The third-order valence-corrected chi connectivity index (χ3v) is 3.38. The van der Waals surface area contributed by atoms with Crippen molar-refractivity contribution in [1.82, 2.24) is 4.90 Å². The van der Waals surface area contributed by atoms with Crippen molar-refractivity contribution in [2.24, 2.45) is 5.92 Å². The molecule has 0 amide bonds. The van der Waals surface area contributed by atoms with Gasteiger partial charge in [-0.3, -0.25) is 4.90 Å². The van der Waals surface area contributed by atoms with Crippen LogP contribution in [0.25, 0.3) is 0 Å². The minimum Gasteiger partial charge on any atom is -0.375 e. The van der Waals surface area contributed by atoms with Gasteiger partial charge in [0.05, 0.1) is 12.7 Å². The van der Waals surface area contributed by atoms with E-state index in [1.54, 1.807) is 0 Å². The molecule has 0 aromatic rings. The van der Waals surface area contributed by atoms with Gasteiger partial charge in [0.25, 0.3) is 0 Å². The summed E-state index contributed by atoms with van der Waals surface area (Å²) in [5, 5.41) is 0.962. The second-order valence-electron chi connectivity index (χ2n) is 3.92. The largest absolute Gasteiger partial charge is 0.375 e. The van der Waals surface area contributed by atoms with E-state index in [0.717, 1.165) is 30.9 Å². The number of nitrogens with zero attached hydrogens (tertiary/aromatic N) is 1. The van der Waals surface area contributed by atoms with Crippen molar-refractivity contribution in [3.63, 3.8) is 0 Å². The Morgan fingerprint density at radius 1 is 1.62 bits per heavy atom. The molecule has 0 saturated carbocycles. The highest BCUT2D eigenvalue weighted by Crippen LogP contribution is 2.11. The molecule has 0 aliphatic carbocycles. The molecular weight excluding hydrogens is 230 g/mol. The number of rotatable bonds is 4. The van der Waals surface area contributed by atoms with E-state index in [-0.39, 0.29) is 0 Å². The van der Waals surface area contributed by atoms with Crippen LogP contribution in [0, 0.1) is 5.92 Å². The first-order valence-electron chi connectivity index (χ1n) is 5.16. The molecular formula is C10H20BrNO. The molecule has 1 aliphatic rings. The summed E-state index contributed by atoms with van der Waals surface area (Å²) in [6, 6.07) is 0. The Bertz CT molecular complexity index is 141. The van der Waals surface area contributed by atoms with E-state index in [2.05, 4.69) is 34.7 Å². The fourth-order valence-electron chi connectivity index (χ4n) is 1.61. The molecule has 0 N–H and O–H groups in total. The SMILES string of the molecule is CCC(C)CN1CCOC(CBr)C1. The first-order valence-corrected chi connectivity index (χ1v) is 6.28. The average molecular weight is 250 g/mol. The van der Waals surface area contributed by atoms with Crippen LogP contribution in [0.4, 0.5) is 0 Å². The van der Waals surface area contributed by atoms with Crippen LogP contribution in [0.15, 0.2) is 0 Å². The van der Waals surface area contributed by atoms with Crippen LogP contribution in [-0.2, 0) is 4.74 Å². The zero-order valence-electron chi connectivity index (χ0n) is 8.63. The molecule has 0 spiro atoms. The van der Waals surface area contributed by atoms with Crippen LogP contribution in [0.5, 0.6) is 0 Å². The fraction of sp³-hybridized carbons (Fsp3) is 1.00. The maximum Gasteiger partial charge on any atom is 0.0799 e. The monoisotopic (exact) mass is 249 g/mol. The topological polar surface area (TPSA) is 12.5 Å². The van der Waals surface area contributed by atoms with Crippen LogP contribution >= 0.6 is 15.9 Å². The lowest BCUT2D eigenvalue weighted by molar-refractivity contribution is -0.0194. The Hall–Kier alpha value is 0.400. The molecule has 1 heterocycles. The van der Waals surface area contributed by atoms with Crippen molar-refractivity contribution >= 4 is 15.9 Å². The molecule has 78 valence electrons. The fourth-order valence-corrected chi connectivity index (χ4v) is 2.00. The number of halogens is 1. The molecule has 0 radical (unpaired) electrons. The van der Waals surface area contributed by atoms with Crippen LogP contribution in [0.1, 0.15) is 20.3 Å². The van der Waals surface area contributed by atoms with E-state index in [4.69, 9.17) is 4.74 Å². The number of alkyl halides is 1. The van der Waals surface area contributed by atoms with Gasteiger partial charge in [-0.1, -0.05) is 36.2 Å². The van der Waals surface area contributed by atoms with Gasteiger partial charge in [0.2, 0.25) is 0 Å². The summed E-state index contributed by atoms with van der Waals surface area (Å²) in [7, 11) is 0. The minimum absolute atomic E-state index is 0.401. The molecule has 1 fully saturated rings. The third kappa shape index (κ3) is 3.96. The lowest BCUT2D eigenvalue weighted by Crippen LogP contribution is -2.44. The van der Waals surface area contributed by atoms with E-state index in [1.165, 1.54) is 13.0 Å². The molecule has 1 rings (SSSR count). The van der Waals surface area contributed by atoms with Gasteiger partial charge in [-0.2, -0.15) is 0 Å². The van der Waals surface area contributed by atoms with Gasteiger partial charge in [0, 0.05) is 25.0 Å². The normalized spacial score (nSPS) is 27.5. The Morgan fingerprint density at radius 3 is 3.00 bits per heavy atom. The van der Waals surface area contributed by atoms with Crippen LogP contribution < -0.4 is 0 Å². The minimum atomic E-state index is 0.401. The van der Waals surface area contributed by atoms with E-state index in [1.807, 2.05) is 0 Å². The zero-order chi connectivity index (χ0) is 9.68. The molecule has 2 nitrogen and oxygen atoms in total. The van der Waals surface area contributed by atoms with Crippen molar-refractivity contribution in [2.45, 2.75) is 26.4 Å². The Labute approximate surface area is 89.8 Å². The van der Waals surface area contributed by atoms with E-state index < -0.39 is 0 Å². The molecule has 0 aromatic heterocycles. The third-order valence-electron chi connectivity index (χ3n) is 2.66. The van der Waals surface area contributed by atoms with Crippen LogP contribution in [-0.4, -0.2) is 42.6 Å². The van der Waals surface area contributed by atoms with Gasteiger partial charge < -0.3 is 4.74 Å². The molecule has 13 heavy (non-hydrogen) atoms. The predicted molar refractivity (Wildman–Crippen MR) is 59.4 cm³/mol. The highest BCUT2D eigenvalue weighted by atomic mass is 79.9. The summed E-state index contributed by atoms with van der Waals surface area (Å²) in [5.74, 6) is 0.814. The summed E-state index contributed by atoms with van der Waals surface area (Å²) in [6.07, 6.45) is 1.67. The van der Waals surface area contributed by atoms with E-state index >= 15 is 0 Å². The van der Waals surface area contributed by atoms with Crippen LogP contribution in [0.2, 0.25) is 0 Å². The number of hydrogen-bond donors (Lipinski definition) is 0. The number of hydrogen-bond acceptors (Lipinski definition) is 2. The Morgan fingerprint density at radius 2 is 2.38 bits per heavy atom. The standard InChI is InChI=1S/C10H20BrNO/c1-3-9(2)7-12-4-5-13-10(6-11)8-12/h9-10H,3-8H2,1-2H3. The van der Waals surface area contributed by atoms with Gasteiger partial charge in [0.15, 0.2) is 0 Å². The first-order chi connectivity index (χ1) is 6.26. The molecule has 1 saturated heterocycles. The number of ether oxygens (including phenoxy) is 1. The van der Waals surface area contributed by atoms with Gasteiger partial charge in [-0.25, -0.2) is 0 Å². The van der Waals surface area contributed by atoms with Crippen LogP contribution in [0.3, 0.4) is 0 Å². The molecule has 2 atom stereocenters. The first kappa shape index (κ1) is 11.5. The molecule has 3 heteroatoms. The quantitative estimate of drug-likeness (QED) is 0.709. The van der Waals surface area contributed by atoms with Gasteiger partial charge in [0.1, 0.15) is 0 Å². The molecule has 0 aromatic carbocycles. The predicted octanol–water partition coefficient (Wildman–Crippen LogP) is 2.13. The summed E-state index contributed by atoms with van der Waals surface area (Å²) in [5.41, 5.74) is 0. The molecule has 0 bridgehead atoms. The maximum absolute atomic E-state index is 5.58. The van der Waals surface area contributed by atoms with Crippen molar-refractivity contribution in [3.05, 3.63) is 0 Å². The highest BCUT2D eigenvalue weighted by molar-refractivity contribution is 9.09. The van der Waals surface area contributed by atoms with Gasteiger partial charge in [-0.05, 0) is 5.92 Å².